The quantitative estimate of drug-likeness (QED) is 0.347. The summed E-state index contributed by atoms with van der Waals surface area (Å²) in [7, 11) is 0. The van der Waals surface area contributed by atoms with E-state index in [-0.39, 0.29) is 31.8 Å². The highest BCUT2D eigenvalue weighted by Crippen LogP contribution is 2.39. The van der Waals surface area contributed by atoms with Crippen molar-refractivity contribution < 1.29 is 38.4 Å². The molecule has 0 saturated carbocycles. The molecule has 3 saturated heterocycles. The number of carbonyl (C=O) groups is 3. The Morgan fingerprint density at radius 3 is 2.44 bits per heavy atom. The van der Waals surface area contributed by atoms with Gasteiger partial charge in [0.15, 0.2) is 6.29 Å². The Balaban J connectivity index is 1.16. The summed E-state index contributed by atoms with van der Waals surface area (Å²) in [6.45, 7) is 3.73. The van der Waals surface area contributed by atoms with Gasteiger partial charge in [0.25, 0.3) is 5.91 Å². The van der Waals surface area contributed by atoms with Crippen molar-refractivity contribution in [1.29, 1.82) is 0 Å². The van der Waals surface area contributed by atoms with Crippen LogP contribution in [-0.2, 0) is 41.8 Å². The molecule has 0 bridgehead atoms. The van der Waals surface area contributed by atoms with E-state index in [0.29, 0.717) is 37.4 Å². The number of imide groups is 1. The third kappa shape index (κ3) is 7.58. The Morgan fingerprint density at radius 1 is 0.911 bits per heavy atom. The maximum atomic E-state index is 13.3. The lowest BCUT2D eigenvalue weighted by Crippen LogP contribution is -2.44. The molecule has 3 aliphatic rings. The molecule has 6 rings (SSSR count). The molecule has 0 aromatic heterocycles. The van der Waals surface area contributed by atoms with E-state index in [1.165, 1.54) is 0 Å². The normalized spacial score (nSPS) is 24.1. The van der Waals surface area contributed by atoms with Gasteiger partial charge < -0.3 is 29.4 Å². The zero-order valence-electron chi connectivity index (χ0n) is 24.9. The molecule has 0 spiro atoms. The fourth-order valence-corrected chi connectivity index (χ4v) is 5.84. The van der Waals surface area contributed by atoms with E-state index in [2.05, 4.69) is 10.2 Å². The molecular formula is C34H37N3O8. The van der Waals surface area contributed by atoms with E-state index in [1.807, 2.05) is 60.7 Å². The zero-order chi connectivity index (χ0) is 31.2. The summed E-state index contributed by atoms with van der Waals surface area (Å²) in [5.74, 6) is -0.964. The molecule has 3 aromatic rings. The largest absolute Gasteiger partial charge is 0.445 e. The summed E-state index contributed by atoms with van der Waals surface area (Å²) in [5.41, 5.74) is 3.63. The third-order valence-electron chi connectivity index (χ3n) is 8.23. The number of carbonyl (C=O) groups excluding carboxylic acids is 3. The molecule has 2 N–H and O–H groups in total. The van der Waals surface area contributed by atoms with Crippen molar-refractivity contribution in [3.63, 3.8) is 0 Å². The second-order valence-electron chi connectivity index (χ2n) is 11.4. The molecule has 11 nitrogen and oxygen atoms in total. The van der Waals surface area contributed by atoms with Crippen LogP contribution in [0, 0.1) is 0 Å². The smallest absolute Gasteiger partial charge is 0.408 e. The predicted molar refractivity (Wildman–Crippen MR) is 163 cm³/mol. The third-order valence-corrected chi connectivity index (χ3v) is 8.23. The zero-order valence-corrected chi connectivity index (χ0v) is 24.9. The topological polar surface area (TPSA) is 127 Å². The van der Waals surface area contributed by atoms with E-state index >= 15 is 0 Å². The summed E-state index contributed by atoms with van der Waals surface area (Å²) < 4.78 is 23.7. The second-order valence-corrected chi connectivity index (χ2v) is 11.4. The highest BCUT2D eigenvalue weighted by Gasteiger charge is 2.41. The number of benzene rings is 3. The number of alkyl carbamates (subject to hydrolysis) is 1. The fraction of sp³-hybridized carbons (Fsp3) is 0.382. The van der Waals surface area contributed by atoms with Crippen molar-refractivity contribution in [3.8, 4) is 0 Å². The van der Waals surface area contributed by atoms with E-state index in [0.717, 1.165) is 34.7 Å². The van der Waals surface area contributed by atoms with E-state index in [4.69, 9.17) is 18.9 Å². The SMILES string of the molecule is O=C(NC1CC(=O)N(c2cccc(C3OC(CN4CCOCC4)CC(c4ccc(CO)cc4)O3)c2)C1=O)OCc1ccccc1. The summed E-state index contributed by atoms with van der Waals surface area (Å²) in [4.78, 5) is 42.2. The molecule has 45 heavy (non-hydrogen) atoms. The van der Waals surface area contributed by atoms with Gasteiger partial charge in [0.2, 0.25) is 5.91 Å². The van der Waals surface area contributed by atoms with Crippen LogP contribution in [0.2, 0.25) is 0 Å². The van der Waals surface area contributed by atoms with Gasteiger partial charge in [0.1, 0.15) is 12.6 Å². The maximum absolute atomic E-state index is 13.3. The minimum Gasteiger partial charge on any atom is -0.445 e. The van der Waals surface area contributed by atoms with Gasteiger partial charge in [0, 0.05) is 31.6 Å². The Hall–Kier alpha value is -4.13. The highest BCUT2D eigenvalue weighted by molar-refractivity contribution is 6.22. The lowest BCUT2D eigenvalue weighted by molar-refractivity contribution is -0.253. The van der Waals surface area contributed by atoms with Crippen LogP contribution in [0.3, 0.4) is 0 Å². The molecule has 3 amide bonds. The standard InChI is InChI=1S/C34H37N3O8/c38-21-23-9-11-25(12-10-23)30-18-28(20-36-13-15-42-16-14-36)44-33(45-30)26-7-4-8-27(17-26)37-31(39)19-29(32(37)40)35-34(41)43-22-24-5-2-1-3-6-24/h1-12,17,28-30,33,38H,13-16,18-22H2,(H,35,41). The van der Waals surface area contributed by atoms with E-state index in [9.17, 15) is 19.5 Å². The Morgan fingerprint density at radius 2 is 1.69 bits per heavy atom. The number of rotatable bonds is 9. The van der Waals surface area contributed by atoms with Gasteiger partial charge in [-0.3, -0.25) is 14.5 Å². The Bertz CT molecular complexity index is 1480. The lowest BCUT2D eigenvalue weighted by Gasteiger charge is -2.39. The average molecular weight is 616 g/mol. The molecule has 0 aliphatic carbocycles. The average Bonchev–Trinajstić information content (AvgIpc) is 3.36. The predicted octanol–water partition coefficient (Wildman–Crippen LogP) is 3.61. The molecule has 236 valence electrons. The van der Waals surface area contributed by atoms with Crippen molar-refractivity contribution in [2.24, 2.45) is 0 Å². The van der Waals surface area contributed by atoms with Crippen LogP contribution in [0.4, 0.5) is 10.5 Å². The molecule has 0 radical (unpaired) electrons. The molecule has 3 fully saturated rings. The Labute approximate surface area is 261 Å². The summed E-state index contributed by atoms with van der Waals surface area (Å²) >= 11 is 0. The molecule has 4 atom stereocenters. The van der Waals surface area contributed by atoms with Gasteiger partial charge >= 0.3 is 6.09 Å². The highest BCUT2D eigenvalue weighted by atomic mass is 16.7. The minimum absolute atomic E-state index is 0.0385. The minimum atomic E-state index is -1.03. The van der Waals surface area contributed by atoms with Crippen LogP contribution in [0.5, 0.6) is 0 Å². The van der Waals surface area contributed by atoms with Crippen molar-refractivity contribution >= 4 is 23.6 Å². The van der Waals surface area contributed by atoms with Gasteiger partial charge in [-0.25, -0.2) is 9.69 Å². The van der Waals surface area contributed by atoms with Crippen molar-refractivity contribution in [3.05, 3.63) is 101 Å². The van der Waals surface area contributed by atoms with Crippen LogP contribution < -0.4 is 10.2 Å². The first-order valence-corrected chi connectivity index (χ1v) is 15.2. The number of morpholine rings is 1. The fourth-order valence-electron chi connectivity index (χ4n) is 5.84. The number of amides is 3. The van der Waals surface area contributed by atoms with Crippen LogP contribution in [0.25, 0.3) is 0 Å². The van der Waals surface area contributed by atoms with Crippen LogP contribution >= 0.6 is 0 Å². The summed E-state index contributed by atoms with van der Waals surface area (Å²) in [6, 6.07) is 22.8. The Kier molecular flexibility index (Phi) is 9.82. The molecule has 4 unspecified atom stereocenters. The lowest BCUT2D eigenvalue weighted by atomic mass is 9.99. The monoisotopic (exact) mass is 615 g/mol. The number of aliphatic hydroxyl groups excluding tert-OH is 1. The number of hydrogen-bond acceptors (Lipinski definition) is 9. The van der Waals surface area contributed by atoms with Crippen molar-refractivity contribution in [1.82, 2.24) is 10.2 Å². The van der Waals surface area contributed by atoms with Crippen LogP contribution in [-0.4, -0.2) is 72.9 Å². The van der Waals surface area contributed by atoms with E-state index < -0.39 is 30.2 Å². The van der Waals surface area contributed by atoms with E-state index in [1.54, 1.807) is 18.2 Å². The number of nitrogens with one attached hydrogen (secondary N) is 1. The number of ether oxygens (including phenoxy) is 4. The summed E-state index contributed by atoms with van der Waals surface area (Å²) in [6.07, 6.45) is -1.46. The maximum Gasteiger partial charge on any atom is 0.408 e. The molecule has 3 heterocycles. The first-order valence-electron chi connectivity index (χ1n) is 15.2. The first kappa shape index (κ1) is 30.9. The van der Waals surface area contributed by atoms with Crippen molar-refractivity contribution in [2.45, 2.75) is 50.6 Å². The van der Waals surface area contributed by atoms with Gasteiger partial charge in [0.05, 0.1) is 44.1 Å². The molecular weight excluding hydrogens is 578 g/mol. The van der Waals surface area contributed by atoms with Crippen LogP contribution in [0.1, 0.15) is 47.5 Å². The van der Waals surface area contributed by atoms with Crippen molar-refractivity contribution in [2.75, 3.05) is 37.7 Å². The first-order chi connectivity index (χ1) is 22.0. The molecule has 3 aliphatic heterocycles. The number of aliphatic hydroxyl groups is 1. The number of nitrogens with zero attached hydrogens (tertiary/aromatic N) is 2. The molecule has 3 aromatic carbocycles. The van der Waals surface area contributed by atoms with Gasteiger partial charge in [-0.15, -0.1) is 0 Å². The molecule has 11 heteroatoms. The van der Waals surface area contributed by atoms with Gasteiger partial charge in [-0.05, 0) is 28.8 Å². The summed E-state index contributed by atoms with van der Waals surface area (Å²) in [5, 5.41) is 12.0. The van der Waals surface area contributed by atoms with Crippen LogP contribution in [0.15, 0.2) is 78.9 Å². The number of hydrogen-bond donors (Lipinski definition) is 2. The van der Waals surface area contributed by atoms with Gasteiger partial charge in [-0.2, -0.15) is 0 Å². The second kappa shape index (κ2) is 14.3. The van der Waals surface area contributed by atoms with Gasteiger partial charge in [-0.1, -0.05) is 66.7 Å². The number of anilines is 1.